The highest BCUT2D eigenvalue weighted by atomic mass is 79.9. The summed E-state index contributed by atoms with van der Waals surface area (Å²) in [5.74, 6) is 1.23. The van der Waals surface area contributed by atoms with Crippen LogP contribution in [0, 0.1) is 0 Å². The van der Waals surface area contributed by atoms with E-state index in [0.717, 1.165) is 15.6 Å². The lowest BCUT2D eigenvalue weighted by atomic mass is 10.2. The first kappa shape index (κ1) is 18.8. The number of hydrogen-bond donors (Lipinski definition) is 1. The van der Waals surface area contributed by atoms with Crippen molar-refractivity contribution in [3.8, 4) is 11.5 Å². The van der Waals surface area contributed by atoms with Gasteiger partial charge in [-0.05, 0) is 30.7 Å². The van der Waals surface area contributed by atoms with Crippen LogP contribution in [0.3, 0.4) is 0 Å². The van der Waals surface area contributed by atoms with Crippen LogP contribution in [0.15, 0.2) is 46.9 Å². The summed E-state index contributed by atoms with van der Waals surface area (Å²) in [6.07, 6.45) is 0. The van der Waals surface area contributed by atoms with Crippen LogP contribution >= 0.6 is 15.9 Å². The van der Waals surface area contributed by atoms with E-state index in [0.29, 0.717) is 11.5 Å². The van der Waals surface area contributed by atoms with Gasteiger partial charge in [0.15, 0.2) is 0 Å². The Morgan fingerprint density at radius 3 is 2.33 bits per heavy atom. The largest absolute Gasteiger partial charge is 0.497 e. The third-order valence-corrected chi connectivity index (χ3v) is 6.04. The Morgan fingerprint density at radius 1 is 1.08 bits per heavy atom. The van der Waals surface area contributed by atoms with Crippen molar-refractivity contribution in [3.05, 3.63) is 58.1 Å². The molecule has 0 saturated heterocycles. The van der Waals surface area contributed by atoms with Crippen molar-refractivity contribution in [2.45, 2.75) is 18.7 Å². The molecule has 0 unspecified atom stereocenters. The molecule has 7 heteroatoms. The van der Waals surface area contributed by atoms with E-state index in [9.17, 15) is 8.42 Å². The van der Waals surface area contributed by atoms with Crippen LogP contribution in [0.5, 0.6) is 11.5 Å². The maximum absolute atomic E-state index is 12.5. The van der Waals surface area contributed by atoms with Gasteiger partial charge < -0.3 is 9.47 Å². The molecule has 0 spiro atoms. The monoisotopic (exact) mass is 413 g/mol. The third-order valence-electron chi connectivity index (χ3n) is 3.76. The molecule has 0 aliphatic carbocycles. The molecule has 2 rings (SSSR count). The Balaban J connectivity index is 2.14. The number of rotatable bonds is 7. The van der Waals surface area contributed by atoms with Gasteiger partial charge in [-0.25, -0.2) is 13.1 Å². The van der Waals surface area contributed by atoms with Crippen LogP contribution in [0.25, 0.3) is 0 Å². The minimum atomic E-state index is -3.52. The molecule has 0 amide bonds. The average molecular weight is 414 g/mol. The highest BCUT2D eigenvalue weighted by molar-refractivity contribution is 9.10. The van der Waals surface area contributed by atoms with Crippen LogP contribution in [-0.4, -0.2) is 22.6 Å². The van der Waals surface area contributed by atoms with E-state index in [4.69, 9.17) is 9.47 Å². The van der Waals surface area contributed by atoms with E-state index in [1.54, 1.807) is 44.4 Å². The lowest BCUT2D eigenvalue weighted by Gasteiger charge is -2.16. The highest BCUT2D eigenvalue weighted by Crippen LogP contribution is 2.26. The maximum Gasteiger partial charge on any atom is 0.218 e. The summed E-state index contributed by atoms with van der Waals surface area (Å²) in [4.78, 5) is 0. The molecule has 0 aromatic heterocycles. The second kappa shape index (κ2) is 8.00. The van der Waals surface area contributed by atoms with E-state index in [1.165, 1.54) is 7.11 Å². The van der Waals surface area contributed by atoms with Gasteiger partial charge >= 0.3 is 0 Å². The molecule has 0 aliphatic heterocycles. The summed E-state index contributed by atoms with van der Waals surface area (Å²) in [6.45, 7) is 1.81. The van der Waals surface area contributed by atoms with E-state index in [-0.39, 0.29) is 6.54 Å². The second-order valence-electron chi connectivity index (χ2n) is 5.24. The minimum Gasteiger partial charge on any atom is -0.497 e. The Kier molecular flexibility index (Phi) is 6.26. The standard InChI is InChI=1S/C17H20BrNO4S/c1-12(13-4-7-15(18)8-5-13)24(20,21)19-11-14-6-9-16(22-2)10-17(14)23-3/h4-10,12,19H,11H2,1-3H3/t12-/m0/s1. The lowest BCUT2D eigenvalue weighted by molar-refractivity contribution is 0.390. The number of halogens is 1. The van der Waals surface area contributed by atoms with Gasteiger partial charge in [0.25, 0.3) is 0 Å². The van der Waals surface area contributed by atoms with Gasteiger partial charge in [-0.1, -0.05) is 34.1 Å². The number of nitrogens with one attached hydrogen (secondary N) is 1. The van der Waals surface area contributed by atoms with Crippen LogP contribution in [-0.2, 0) is 16.6 Å². The molecule has 1 N–H and O–H groups in total. The topological polar surface area (TPSA) is 64.6 Å². The van der Waals surface area contributed by atoms with Gasteiger partial charge in [-0.15, -0.1) is 0 Å². The van der Waals surface area contributed by atoms with Crippen LogP contribution in [0.2, 0.25) is 0 Å². The van der Waals surface area contributed by atoms with Crippen LogP contribution in [0.1, 0.15) is 23.3 Å². The number of benzene rings is 2. The molecule has 24 heavy (non-hydrogen) atoms. The molecule has 2 aromatic rings. The zero-order valence-corrected chi connectivity index (χ0v) is 16.1. The summed E-state index contributed by atoms with van der Waals surface area (Å²) in [5, 5.41) is -0.658. The van der Waals surface area contributed by atoms with Crippen molar-refractivity contribution in [1.29, 1.82) is 0 Å². The molecule has 0 saturated carbocycles. The van der Waals surface area contributed by atoms with Gasteiger partial charge in [0, 0.05) is 22.6 Å². The first-order valence-electron chi connectivity index (χ1n) is 7.32. The van der Waals surface area contributed by atoms with Crippen molar-refractivity contribution < 1.29 is 17.9 Å². The van der Waals surface area contributed by atoms with Crippen molar-refractivity contribution in [2.24, 2.45) is 0 Å². The van der Waals surface area contributed by atoms with Crippen molar-refractivity contribution in [2.75, 3.05) is 14.2 Å². The molecule has 0 fully saturated rings. The molecule has 130 valence electrons. The van der Waals surface area contributed by atoms with E-state index in [1.807, 2.05) is 12.1 Å². The van der Waals surface area contributed by atoms with Crippen molar-refractivity contribution >= 4 is 26.0 Å². The molecule has 5 nitrogen and oxygen atoms in total. The zero-order chi connectivity index (χ0) is 17.7. The fourth-order valence-electron chi connectivity index (χ4n) is 2.21. The Labute approximate surface area is 151 Å². The average Bonchev–Trinajstić information content (AvgIpc) is 2.59. The molecule has 1 atom stereocenters. The molecule has 0 heterocycles. The van der Waals surface area contributed by atoms with E-state index < -0.39 is 15.3 Å². The number of sulfonamides is 1. The van der Waals surface area contributed by atoms with E-state index >= 15 is 0 Å². The molecular formula is C17H20BrNO4S. The second-order valence-corrected chi connectivity index (χ2v) is 8.24. The van der Waals surface area contributed by atoms with Crippen molar-refractivity contribution in [1.82, 2.24) is 4.72 Å². The van der Waals surface area contributed by atoms with Crippen LogP contribution in [0.4, 0.5) is 0 Å². The summed E-state index contributed by atoms with van der Waals surface area (Å²) in [7, 11) is -0.412. The van der Waals surface area contributed by atoms with Gasteiger partial charge in [0.2, 0.25) is 10.0 Å². The summed E-state index contributed by atoms with van der Waals surface area (Å²) >= 11 is 3.34. The number of methoxy groups -OCH3 is 2. The molecule has 2 aromatic carbocycles. The molecule has 0 aliphatic rings. The first-order chi connectivity index (χ1) is 11.4. The first-order valence-corrected chi connectivity index (χ1v) is 9.66. The number of ether oxygens (including phenoxy) is 2. The normalized spacial score (nSPS) is 12.7. The zero-order valence-electron chi connectivity index (χ0n) is 13.7. The highest BCUT2D eigenvalue weighted by Gasteiger charge is 2.22. The minimum absolute atomic E-state index is 0.149. The summed E-state index contributed by atoms with van der Waals surface area (Å²) in [6, 6.07) is 12.5. The third kappa shape index (κ3) is 4.49. The van der Waals surface area contributed by atoms with Gasteiger partial charge in [0.1, 0.15) is 11.5 Å². The Hall–Kier alpha value is -1.57. The predicted molar refractivity (Wildman–Crippen MR) is 97.9 cm³/mol. The van der Waals surface area contributed by atoms with Gasteiger partial charge in [-0.3, -0.25) is 0 Å². The Morgan fingerprint density at radius 2 is 1.75 bits per heavy atom. The molecule has 0 radical (unpaired) electrons. The molecular weight excluding hydrogens is 394 g/mol. The maximum atomic E-state index is 12.5. The van der Waals surface area contributed by atoms with Crippen molar-refractivity contribution in [3.63, 3.8) is 0 Å². The van der Waals surface area contributed by atoms with Crippen LogP contribution < -0.4 is 14.2 Å². The summed E-state index contributed by atoms with van der Waals surface area (Å²) in [5.41, 5.74) is 1.47. The fourth-order valence-corrected chi connectivity index (χ4v) is 3.60. The van der Waals surface area contributed by atoms with Gasteiger partial charge in [-0.2, -0.15) is 0 Å². The molecule has 0 bridgehead atoms. The fraction of sp³-hybridized carbons (Fsp3) is 0.294. The van der Waals surface area contributed by atoms with Gasteiger partial charge in [0.05, 0.1) is 19.5 Å². The Bertz CT molecular complexity index is 791. The van der Waals surface area contributed by atoms with E-state index in [2.05, 4.69) is 20.7 Å². The SMILES string of the molecule is COc1ccc(CNS(=O)(=O)[C@@H](C)c2ccc(Br)cc2)c(OC)c1. The summed E-state index contributed by atoms with van der Waals surface area (Å²) < 4.78 is 39.0. The lowest BCUT2D eigenvalue weighted by Crippen LogP contribution is -2.27. The predicted octanol–water partition coefficient (Wildman–Crippen LogP) is 3.65. The smallest absolute Gasteiger partial charge is 0.218 e. The quantitative estimate of drug-likeness (QED) is 0.752. The number of hydrogen-bond acceptors (Lipinski definition) is 4.